The molecule has 1 amide bonds. The summed E-state index contributed by atoms with van der Waals surface area (Å²) in [6, 6.07) is 4.42. The normalized spacial score (nSPS) is 19.2. The van der Waals surface area contributed by atoms with Crippen LogP contribution in [0.5, 0.6) is 11.5 Å². The van der Waals surface area contributed by atoms with Gasteiger partial charge in [-0.3, -0.25) is 4.79 Å². The van der Waals surface area contributed by atoms with Crippen LogP contribution in [0.1, 0.15) is 0 Å². The van der Waals surface area contributed by atoms with Gasteiger partial charge in [0.05, 0.1) is 18.1 Å². The monoisotopic (exact) mass is 284 g/mol. The molecule has 0 aliphatic carbocycles. The van der Waals surface area contributed by atoms with Crippen molar-refractivity contribution in [3.8, 4) is 11.5 Å². The molecule has 1 fully saturated rings. The molecule has 8 heteroatoms. The van der Waals surface area contributed by atoms with E-state index in [0.29, 0.717) is 11.5 Å². The second-order valence-electron chi connectivity index (χ2n) is 4.36. The number of nitrogens with zero attached hydrogens (tertiary/aromatic N) is 2. The fraction of sp³-hybridized carbons (Fsp3) is 0.364. The molecule has 1 saturated heterocycles. The molecule has 3 rings (SSSR count). The Balaban J connectivity index is 1.95. The lowest BCUT2D eigenvalue weighted by Crippen LogP contribution is -2.30. The average Bonchev–Trinajstić information content (AvgIpc) is 2.96. The topological polar surface area (TPSA) is 76.2 Å². The first-order valence-electron chi connectivity index (χ1n) is 5.62. The summed E-state index contributed by atoms with van der Waals surface area (Å²) in [5.41, 5.74) is 0. The largest absolute Gasteiger partial charge is 0.454 e. The summed E-state index contributed by atoms with van der Waals surface area (Å²) in [6.45, 7) is 0.0205. The summed E-state index contributed by atoms with van der Waals surface area (Å²) >= 11 is 0. The lowest BCUT2D eigenvalue weighted by molar-refractivity contribution is -0.125. The minimum absolute atomic E-state index is 0.0651. The molecule has 7 nitrogen and oxygen atoms in total. The van der Waals surface area contributed by atoms with Gasteiger partial charge in [0.25, 0.3) is 0 Å². The van der Waals surface area contributed by atoms with E-state index in [4.69, 9.17) is 9.47 Å². The maximum absolute atomic E-state index is 12.4. The van der Waals surface area contributed by atoms with Crippen molar-refractivity contribution in [2.75, 3.05) is 27.1 Å². The van der Waals surface area contributed by atoms with Crippen LogP contribution in [0.25, 0.3) is 0 Å². The number of sulfonamides is 1. The molecular formula is C11H12N2O5S. The number of rotatable bonds is 2. The van der Waals surface area contributed by atoms with Gasteiger partial charge in [0.15, 0.2) is 11.5 Å². The van der Waals surface area contributed by atoms with E-state index in [1.54, 1.807) is 13.1 Å². The number of hydrogen-bond donors (Lipinski definition) is 0. The second-order valence-corrected chi connectivity index (χ2v) is 6.30. The standard InChI is InChI=1S/C11H12N2O5S/c1-12-6-13(5-11(12)14)19(15,16)8-2-3-9-10(4-8)18-7-17-9/h2-4H,5-7H2,1H3. The lowest BCUT2D eigenvalue weighted by atomic mass is 10.3. The van der Waals surface area contributed by atoms with Crippen LogP contribution in [0.4, 0.5) is 0 Å². The third-order valence-corrected chi connectivity index (χ3v) is 4.86. The number of fused-ring (bicyclic) bond motifs is 1. The Labute approximate surface area is 110 Å². The Bertz CT molecular complexity index is 642. The third-order valence-electron chi connectivity index (χ3n) is 3.09. The Hall–Kier alpha value is -1.80. The van der Waals surface area contributed by atoms with Gasteiger partial charge in [-0.05, 0) is 12.1 Å². The molecule has 19 heavy (non-hydrogen) atoms. The van der Waals surface area contributed by atoms with Crippen LogP contribution in [-0.4, -0.2) is 50.6 Å². The van der Waals surface area contributed by atoms with Crippen LogP contribution < -0.4 is 9.47 Å². The molecule has 2 aliphatic heterocycles. The third kappa shape index (κ3) is 1.92. The maximum Gasteiger partial charge on any atom is 0.245 e. The smallest absolute Gasteiger partial charge is 0.245 e. The van der Waals surface area contributed by atoms with Crippen molar-refractivity contribution < 1.29 is 22.7 Å². The molecule has 0 atom stereocenters. The molecule has 2 heterocycles. The van der Waals surface area contributed by atoms with E-state index in [1.165, 1.54) is 17.0 Å². The zero-order valence-electron chi connectivity index (χ0n) is 10.2. The van der Waals surface area contributed by atoms with Crippen molar-refractivity contribution in [2.45, 2.75) is 4.90 Å². The molecule has 0 spiro atoms. The number of hydrogen-bond acceptors (Lipinski definition) is 5. The van der Waals surface area contributed by atoms with Crippen LogP contribution in [0, 0.1) is 0 Å². The van der Waals surface area contributed by atoms with E-state index in [1.807, 2.05) is 0 Å². The van der Waals surface area contributed by atoms with Gasteiger partial charge in [0.2, 0.25) is 22.7 Å². The minimum atomic E-state index is -3.69. The maximum atomic E-state index is 12.4. The van der Waals surface area contributed by atoms with Crippen LogP contribution in [0.2, 0.25) is 0 Å². The van der Waals surface area contributed by atoms with E-state index in [2.05, 4.69) is 0 Å². The predicted octanol–water partition coefficient (Wildman–Crippen LogP) is -0.165. The van der Waals surface area contributed by atoms with Gasteiger partial charge in [0.1, 0.15) is 0 Å². The summed E-state index contributed by atoms with van der Waals surface area (Å²) in [7, 11) is -2.12. The molecule has 1 aromatic carbocycles. The molecule has 0 radical (unpaired) electrons. The van der Waals surface area contributed by atoms with Crippen LogP contribution in [0.15, 0.2) is 23.1 Å². The van der Waals surface area contributed by atoms with Crippen molar-refractivity contribution in [1.29, 1.82) is 0 Å². The first-order chi connectivity index (χ1) is 8.98. The molecule has 2 aliphatic rings. The zero-order chi connectivity index (χ0) is 13.6. The van der Waals surface area contributed by atoms with Gasteiger partial charge in [-0.1, -0.05) is 0 Å². The molecule has 102 valence electrons. The van der Waals surface area contributed by atoms with Crippen LogP contribution in [-0.2, 0) is 14.8 Å². The van der Waals surface area contributed by atoms with Crippen molar-refractivity contribution >= 4 is 15.9 Å². The SMILES string of the molecule is CN1CN(S(=O)(=O)c2ccc3c(c2)OCO3)CC1=O. The summed E-state index contributed by atoms with van der Waals surface area (Å²) in [4.78, 5) is 12.9. The zero-order valence-corrected chi connectivity index (χ0v) is 11.0. The first kappa shape index (κ1) is 12.2. The highest BCUT2D eigenvalue weighted by Crippen LogP contribution is 2.34. The molecule has 1 aromatic rings. The lowest BCUT2D eigenvalue weighted by Gasteiger charge is -2.15. The van der Waals surface area contributed by atoms with Crippen molar-refractivity contribution in [3.05, 3.63) is 18.2 Å². The van der Waals surface area contributed by atoms with E-state index in [-0.39, 0.29) is 30.8 Å². The Morgan fingerprint density at radius 2 is 1.95 bits per heavy atom. The van der Waals surface area contributed by atoms with Crippen molar-refractivity contribution in [1.82, 2.24) is 9.21 Å². The molecule has 0 aromatic heterocycles. The Morgan fingerprint density at radius 1 is 1.21 bits per heavy atom. The van der Waals surface area contributed by atoms with Crippen molar-refractivity contribution in [3.63, 3.8) is 0 Å². The summed E-state index contributed by atoms with van der Waals surface area (Å²) in [5.74, 6) is 0.706. The minimum Gasteiger partial charge on any atom is -0.454 e. The summed E-state index contributed by atoms with van der Waals surface area (Å²) in [5, 5.41) is 0. The van der Waals surface area contributed by atoms with E-state index in [9.17, 15) is 13.2 Å². The molecule has 0 N–H and O–H groups in total. The highest BCUT2D eigenvalue weighted by molar-refractivity contribution is 7.89. The van der Waals surface area contributed by atoms with Gasteiger partial charge >= 0.3 is 0 Å². The highest BCUT2D eigenvalue weighted by Gasteiger charge is 2.35. The number of benzene rings is 1. The number of carbonyl (C=O) groups is 1. The van der Waals surface area contributed by atoms with Gasteiger partial charge < -0.3 is 14.4 Å². The van der Waals surface area contributed by atoms with Gasteiger partial charge in [0, 0.05) is 13.1 Å². The van der Waals surface area contributed by atoms with Gasteiger partial charge in [-0.25, -0.2) is 8.42 Å². The van der Waals surface area contributed by atoms with Crippen LogP contribution in [0.3, 0.4) is 0 Å². The van der Waals surface area contributed by atoms with Crippen LogP contribution >= 0.6 is 0 Å². The van der Waals surface area contributed by atoms with Gasteiger partial charge in [-0.15, -0.1) is 0 Å². The van der Waals surface area contributed by atoms with Gasteiger partial charge in [-0.2, -0.15) is 4.31 Å². The summed E-state index contributed by atoms with van der Waals surface area (Å²) in [6.07, 6.45) is 0. The fourth-order valence-electron chi connectivity index (χ4n) is 1.98. The number of carbonyl (C=O) groups excluding carboxylic acids is 1. The Kier molecular flexibility index (Phi) is 2.64. The Morgan fingerprint density at radius 3 is 2.63 bits per heavy atom. The molecular weight excluding hydrogens is 272 g/mol. The van der Waals surface area contributed by atoms with E-state index >= 15 is 0 Å². The summed E-state index contributed by atoms with van der Waals surface area (Å²) < 4.78 is 36.2. The van der Waals surface area contributed by atoms with E-state index in [0.717, 1.165) is 4.31 Å². The number of likely N-dealkylation sites (N-methyl/N-ethyl adjacent to an activating group) is 1. The molecule has 0 bridgehead atoms. The fourth-order valence-corrected chi connectivity index (χ4v) is 3.38. The quantitative estimate of drug-likeness (QED) is 0.754. The first-order valence-corrected chi connectivity index (χ1v) is 7.06. The highest BCUT2D eigenvalue weighted by atomic mass is 32.2. The number of ether oxygens (including phenoxy) is 2. The molecule has 0 unspecified atom stereocenters. The molecule has 0 saturated carbocycles. The van der Waals surface area contributed by atoms with Crippen molar-refractivity contribution in [2.24, 2.45) is 0 Å². The average molecular weight is 284 g/mol. The second kappa shape index (κ2) is 4.10. The number of amides is 1. The predicted molar refractivity (Wildman–Crippen MR) is 64.1 cm³/mol. The van der Waals surface area contributed by atoms with E-state index < -0.39 is 10.0 Å².